The molecule has 26 heavy (non-hydrogen) atoms. The minimum atomic E-state index is 0.0200. The number of aliphatic hydroxyl groups is 1. The summed E-state index contributed by atoms with van der Waals surface area (Å²) in [5, 5.41) is 9.73. The Labute approximate surface area is 155 Å². The van der Waals surface area contributed by atoms with E-state index in [9.17, 15) is 5.11 Å². The summed E-state index contributed by atoms with van der Waals surface area (Å²) in [4.78, 5) is 6.75. The fourth-order valence-electron chi connectivity index (χ4n) is 3.62. The van der Waals surface area contributed by atoms with Gasteiger partial charge in [-0.3, -0.25) is 0 Å². The van der Waals surface area contributed by atoms with Crippen LogP contribution in [0.25, 0.3) is 0 Å². The lowest BCUT2D eigenvalue weighted by molar-refractivity contribution is 0.0942. The molecule has 1 aromatic carbocycles. The van der Waals surface area contributed by atoms with Gasteiger partial charge in [-0.25, -0.2) is 4.98 Å². The molecule has 1 aliphatic heterocycles. The highest BCUT2D eigenvalue weighted by Crippen LogP contribution is 2.38. The summed E-state index contributed by atoms with van der Waals surface area (Å²) in [6, 6.07) is 6.31. The Balaban J connectivity index is 2.05. The number of aryl methyl sites for hydroxylation is 4. The lowest BCUT2D eigenvalue weighted by Gasteiger charge is -2.37. The van der Waals surface area contributed by atoms with Crippen molar-refractivity contribution in [2.24, 2.45) is 0 Å². The molecule has 2 aromatic rings. The van der Waals surface area contributed by atoms with E-state index in [1.54, 1.807) is 0 Å². The minimum Gasteiger partial charge on any atom is -0.438 e. The van der Waals surface area contributed by atoms with Crippen molar-refractivity contribution in [3.63, 3.8) is 0 Å². The van der Waals surface area contributed by atoms with Gasteiger partial charge in [0.1, 0.15) is 12.5 Å². The third-order valence-corrected chi connectivity index (χ3v) is 4.90. The number of hydrogen-bond donors (Lipinski definition) is 1. The van der Waals surface area contributed by atoms with E-state index in [0.717, 1.165) is 40.2 Å². The summed E-state index contributed by atoms with van der Waals surface area (Å²) in [5.41, 5.74) is 6.27. The van der Waals surface area contributed by atoms with Gasteiger partial charge in [0, 0.05) is 5.69 Å². The molecule has 0 saturated carbocycles. The zero-order valence-electron chi connectivity index (χ0n) is 16.3. The molecule has 2 heterocycles. The van der Waals surface area contributed by atoms with E-state index in [0.29, 0.717) is 19.2 Å². The minimum absolute atomic E-state index is 0.0200. The first-order valence-corrected chi connectivity index (χ1v) is 9.16. The summed E-state index contributed by atoms with van der Waals surface area (Å²) in [7, 11) is 0. The van der Waals surface area contributed by atoms with E-state index >= 15 is 0 Å². The number of anilines is 1. The predicted molar refractivity (Wildman–Crippen MR) is 103 cm³/mol. The molecular weight excluding hydrogens is 328 g/mol. The van der Waals surface area contributed by atoms with Crippen molar-refractivity contribution in [1.29, 1.82) is 0 Å². The molecule has 1 N–H and O–H groups in total. The second-order valence-corrected chi connectivity index (χ2v) is 7.09. The molecule has 0 aliphatic carbocycles. The Morgan fingerprint density at radius 3 is 2.50 bits per heavy atom. The third kappa shape index (κ3) is 3.55. The number of ether oxygens (including phenoxy) is 2. The van der Waals surface area contributed by atoms with Crippen LogP contribution in [0.15, 0.2) is 18.2 Å². The summed E-state index contributed by atoms with van der Waals surface area (Å²) < 4.78 is 12.1. The van der Waals surface area contributed by atoms with Crippen LogP contribution in [0.4, 0.5) is 5.69 Å². The van der Waals surface area contributed by atoms with E-state index < -0.39 is 0 Å². The number of hydrogen-bond acceptors (Lipinski definition) is 5. The van der Waals surface area contributed by atoms with Crippen molar-refractivity contribution in [2.75, 3.05) is 18.2 Å². The van der Waals surface area contributed by atoms with Crippen LogP contribution in [0.2, 0.25) is 0 Å². The standard InChI is InChI=1S/C21H28N2O3/c1-6-17(10-24)23-12-25-11-18-19(23)9-16(5)22-21(18)26-20-14(3)7-13(2)8-15(20)4/h7-9,17,24H,6,10-12H2,1-5H3. The summed E-state index contributed by atoms with van der Waals surface area (Å²) in [6.07, 6.45) is 0.840. The number of fused-ring (bicyclic) bond motifs is 1. The summed E-state index contributed by atoms with van der Waals surface area (Å²) in [6.45, 7) is 11.3. The molecule has 5 heteroatoms. The van der Waals surface area contributed by atoms with Gasteiger partial charge in [0.2, 0.25) is 5.88 Å². The second-order valence-electron chi connectivity index (χ2n) is 7.09. The molecule has 140 valence electrons. The Bertz CT molecular complexity index is 777. The van der Waals surface area contributed by atoms with Gasteiger partial charge in [0.15, 0.2) is 0 Å². The van der Waals surface area contributed by atoms with Crippen LogP contribution < -0.4 is 9.64 Å². The highest BCUT2D eigenvalue weighted by molar-refractivity contribution is 5.60. The average molecular weight is 356 g/mol. The molecule has 0 saturated heterocycles. The summed E-state index contributed by atoms with van der Waals surface area (Å²) in [5.74, 6) is 1.44. The number of aliphatic hydroxyl groups excluding tert-OH is 1. The van der Waals surface area contributed by atoms with Crippen LogP contribution >= 0.6 is 0 Å². The first-order chi connectivity index (χ1) is 12.4. The molecule has 0 spiro atoms. The first kappa shape index (κ1) is 18.7. The molecule has 0 fully saturated rings. The topological polar surface area (TPSA) is 54.8 Å². The van der Waals surface area contributed by atoms with Crippen molar-refractivity contribution < 1.29 is 14.6 Å². The molecule has 0 amide bonds. The quantitative estimate of drug-likeness (QED) is 0.871. The van der Waals surface area contributed by atoms with Crippen molar-refractivity contribution in [1.82, 2.24) is 4.98 Å². The summed E-state index contributed by atoms with van der Waals surface area (Å²) >= 11 is 0. The van der Waals surface area contributed by atoms with Gasteiger partial charge < -0.3 is 19.5 Å². The highest BCUT2D eigenvalue weighted by atomic mass is 16.5. The molecular formula is C21H28N2O3. The Kier molecular flexibility index (Phi) is 5.49. The van der Waals surface area contributed by atoms with Gasteiger partial charge in [-0.05, 0) is 51.3 Å². The molecule has 1 unspecified atom stereocenters. The predicted octanol–water partition coefficient (Wildman–Crippen LogP) is 4.17. The van der Waals surface area contributed by atoms with Gasteiger partial charge in [-0.2, -0.15) is 0 Å². The number of rotatable bonds is 5. The van der Waals surface area contributed by atoms with Crippen molar-refractivity contribution in [3.8, 4) is 11.6 Å². The Hall–Kier alpha value is -2.11. The fourth-order valence-corrected chi connectivity index (χ4v) is 3.62. The van der Waals surface area contributed by atoms with Crippen LogP contribution in [-0.2, 0) is 11.3 Å². The SMILES string of the molecule is CCC(CO)N1COCc2c1cc(C)nc2Oc1c(C)cc(C)cc1C. The van der Waals surface area contributed by atoms with E-state index in [2.05, 4.69) is 55.8 Å². The first-order valence-electron chi connectivity index (χ1n) is 9.16. The lowest BCUT2D eigenvalue weighted by atomic mass is 10.1. The molecule has 0 bridgehead atoms. The number of benzene rings is 1. The highest BCUT2D eigenvalue weighted by Gasteiger charge is 2.27. The number of pyridine rings is 1. The zero-order valence-corrected chi connectivity index (χ0v) is 16.3. The lowest BCUT2D eigenvalue weighted by Crippen LogP contribution is -2.42. The maximum Gasteiger partial charge on any atom is 0.227 e. The molecule has 5 nitrogen and oxygen atoms in total. The largest absolute Gasteiger partial charge is 0.438 e. The fraction of sp³-hybridized carbons (Fsp3) is 0.476. The van der Waals surface area contributed by atoms with Crippen LogP contribution in [-0.4, -0.2) is 29.5 Å². The van der Waals surface area contributed by atoms with E-state index in [4.69, 9.17) is 9.47 Å². The molecule has 0 radical (unpaired) electrons. The van der Waals surface area contributed by atoms with Gasteiger partial charge >= 0.3 is 0 Å². The molecule has 1 aromatic heterocycles. The second kappa shape index (κ2) is 7.64. The maximum atomic E-state index is 9.73. The van der Waals surface area contributed by atoms with Crippen LogP contribution in [0.5, 0.6) is 11.6 Å². The zero-order chi connectivity index (χ0) is 18.8. The van der Waals surface area contributed by atoms with Crippen molar-refractivity contribution >= 4 is 5.69 Å². The maximum absolute atomic E-state index is 9.73. The van der Waals surface area contributed by atoms with Crippen LogP contribution in [0, 0.1) is 27.7 Å². The smallest absolute Gasteiger partial charge is 0.227 e. The van der Waals surface area contributed by atoms with Crippen LogP contribution in [0.3, 0.4) is 0 Å². The van der Waals surface area contributed by atoms with Crippen LogP contribution in [0.1, 0.15) is 41.3 Å². The van der Waals surface area contributed by atoms with Gasteiger partial charge in [-0.15, -0.1) is 0 Å². The van der Waals surface area contributed by atoms with Gasteiger partial charge in [0.25, 0.3) is 0 Å². The molecule has 1 aliphatic rings. The average Bonchev–Trinajstić information content (AvgIpc) is 2.59. The number of nitrogens with zero attached hydrogens (tertiary/aromatic N) is 2. The molecule has 3 rings (SSSR count). The van der Waals surface area contributed by atoms with Gasteiger partial charge in [0.05, 0.1) is 30.5 Å². The van der Waals surface area contributed by atoms with E-state index in [1.165, 1.54) is 5.56 Å². The number of aromatic nitrogens is 1. The monoisotopic (exact) mass is 356 g/mol. The Morgan fingerprint density at radius 2 is 1.88 bits per heavy atom. The van der Waals surface area contributed by atoms with Crippen molar-refractivity contribution in [3.05, 3.63) is 46.1 Å². The van der Waals surface area contributed by atoms with Crippen molar-refractivity contribution in [2.45, 2.75) is 53.7 Å². The normalized spacial score (nSPS) is 14.9. The molecule has 1 atom stereocenters. The Morgan fingerprint density at radius 1 is 1.19 bits per heavy atom. The van der Waals surface area contributed by atoms with E-state index in [1.807, 2.05) is 6.92 Å². The van der Waals surface area contributed by atoms with Gasteiger partial charge in [-0.1, -0.05) is 24.6 Å². The third-order valence-electron chi connectivity index (χ3n) is 4.90. The van der Waals surface area contributed by atoms with E-state index in [-0.39, 0.29) is 12.6 Å².